The molecule has 1 amide bonds. The third-order valence-corrected chi connectivity index (χ3v) is 4.85. The van der Waals surface area contributed by atoms with Gasteiger partial charge in [-0.05, 0) is 36.2 Å². The second kappa shape index (κ2) is 6.87. The van der Waals surface area contributed by atoms with Crippen LogP contribution in [0.25, 0.3) is 0 Å². The van der Waals surface area contributed by atoms with Crippen molar-refractivity contribution in [1.29, 1.82) is 0 Å². The Morgan fingerprint density at radius 2 is 1.92 bits per heavy atom. The van der Waals surface area contributed by atoms with Gasteiger partial charge in [0.25, 0.3) is 5.91 Å². The Hall–Kier alpha value is -1.98. The Bertz CT molecular complexity index is 762. The molecule has 1 aliphatic heterocycles. The van der Waals surface area contributed by atoms with Crippen molar-refractivity contribution in [3.63, 3.8) is 0 Å². The number of aliphatic hydroxyl groups is 1. The Balaban J connectivity index is 1.69. The molecular formula is C19H18BrNO3. The van der Waals surface area contributed by atoms with Crippen molar-refractivity contribution in [3.8, 4) is 0 Å². The molecule has 1 fully saturated rings. The predicted molar refractivity (Wildman–Crippen MR) is 95.8 cm³/mol. The van der Waals surface area contributed by atoms with Crippen molar-refractivity contribution in [2.45, 2.75) is 24.9 Å². The molecule has 2 aromatic carbocycles. The van der Waals surface area contributed by atoms with Gasteiger partial charge in [0, 0.05) is 29.5 Å². The first-order chi connectivity index (χ1) is 11.5. The van der Waals surface area contributed by atoms with Gasteiger partial charge in [0.2, 0.25) is 5.60 Å². The molecule has 1 atom stereocenters. The van der Waals surface area contributed by atoms with E-state index in [1.165, 1.54) is 4.90 Å². The fraction of sp³-hybridized carbons (Fsp3) is 0.263. The molecule has 1 N–H and O–H groups in total. The van der Waals surface area contributed by atoms with E-state index in [0.717, 1.165) is 10.0 Å². The van der Waals surface area contributed by atoms with E-state index >= 15 is 0 Å². The second-order valence-electron chi connectivity index (χ2n) is 5.96. The summed E-state index contributed by atoms with van der Waals surface area (Å²) < 4.78 is 0.943. The maximum absolute atomic E-state index is 12.6. The van der Waals surface area contributed by atoms with Crippen LogP contribution >= 0.6 is 15.9 Å². The van der Waals surface area contributed by atoms with E-state index in [4.69, 9.17) is 0 Å². The summed E-state index contributed by atoms with van der Waals surface area (Å²) in [7, 11) is 0. The Kier molecular flexibility index (Phi) is 4.83. The molecule has 0 unspecified atom stereocenters. The zero-order valence-corrected chi connectivity index (χ0v) is 14.7. The number of rotatable bonds is 5. The SMILES string of the molecule is O=C(CCc1cccc(Br)c1)[C@@]1(O)CCN(c2ccccc2)C1=O. The van der Waals surface area contributed by atoms with Crippen LogP contribution in [0.15, 0.2) is 59.1 Å². The Labute approximate surface area is 149 Å². The van der Waals surface area contributed by atoms with Crippen LogP contribution in [0.5, 0.6) is 0 Å². The summed E-state index contributed by atoms with van der Waals surface area (Å²) in [5.41, 5.74) is -0.202. The van der Waals surface area contributed by atoms with E-state index in [1.807, 2.05) is 42.5 Å². The Morgan fingerprint density at radius 3 is 2.62 bits per heavy atom. The number of anilines is 1. The third-order valence-electron chi connectivity index (χ3n) is 4.36. The van der Waals surface area contributed by atoms with Crippen molar-refractivity contribution in [2.75, 3.05) is 11.4 Å². The quantitative estimate of drug-likeness (QED) is 0.801. The van der Waals surface area contributed by atoms with Crippen LogP contribution in [0.1, 0.15) is 18.4 Å². The van der Waals surface area contributed by atoms with Gasteiger partial charge < -0.3 is 10.0 Å². The lowest BCUT2D eigenvalue weighted by Gasteiger charge is -2.21. The third kappa shape index (κ3) is 3.28. The first kappa shape index (κ1) is 16.9. The summed E-state index contributed by atoms with van der Waals surface area (Å²) >= 11 is 3.39. The van der Waals surface area contributed by atoms with Gasteiger partial charge in [0.1, 0.15) is 0 Å². The van der Waals surface area contributed by atoms with E-state index in [9.17, 15) is 14.7 Å². The van der Waals surface area contributed by atoms with E-state index in [-0.39, 0.29) is 12.8 Å². The van der Waals surface area contributed by atoms with Crippen molar-refractivity contribution in [3.05, 3.63) is 64.6 Å². The number of carbonyl (C=O) groups excluding carboxylic acids is 2. The second-order valence-corrected chi connectivity index (χ2v) is 6.87. The number of halogens is 1. The summed E-state index contributed by atoms with van der Waals surface area (Å²) in [6.07, 6.45) is 0.776. The minimum Gasteiger partial charge on any atom is -0.373 e. The number of Topliss-reactive ketones (excluding diaryl/α,β-unsaturated/α-hetero) is 1. The van der Waals surface area contributed by atoms with Crippen LogP contribution in [0.2, 0.25) is 0 Å². The van der Waals surface area contributed by atoms with Crippen LogP contribution < -0.4 is 4.90 Å². The molecule has 1 aliphatic rings. The molecule has 4 nitrogen and oxygen atoms in total. The fourth-order valence-corrected chi connectivity index (χ4v) is 3.42. The molecule has 0 saturated carbocycles. The molecule has 2 aromatic rings. The Morgan fingerprint density at radius 1 is 1.17 bits per heavy atom. The minimum atomic E-state index is -1.90. The highest BCUT2D eigenvalue weighted by molar-refractivity contribution is 9.10. The standard InChI is InChI=1S/C19H18BrNO3/c20-15-6-4-5-14(13-15)9-10-17(22)19(24)11-12-21(18(19)23)16-7-2-1-3-8-16/h1-8,13,24H,9-12H2/t19-/m0/s1. The predicted octanol–water partition coefficient (Wildman–Crippen LogP) is 3.12. The fourth-order valence-electron chi connectivity index (χ4n) is 2.98. The lowest BCUT2D eigenvalue weighted by Crippen LogP contribution is -2.47. The summed E-state index contributed by atoms with van der Waals surface area (Å²) in [5.74, 6) is -0.932. The van der Waals surface area contributed by atoms with Crippen LogP contribution in [-0.4, -0.2) is 28.9 Å². The van der Waals surface area contributed by atoms with Gasteiger partial charge in [0.05, 0.1) is 0 Å². The van der Waals surface area contributed by atoms with Crippen molar-refractivity contribution in [1.82, 2.24) is 0 Å². The lowest BCUT2D eigenvalue weighted by atomic mass is 9.92. The van der Waals surface area contributed by atoms with E-state index in [1.54, 1.807) is 12.1 Å². The molecule has 0 bridgehead atoms. The maximum atomic E-state index is 12.6. The molecule has 0 radical (unpaired) electrons. The van der Waals surface area contributed by atoms with Crippen LogP contribution in [-0.2, 0) is 16.0 Å². The zero-order valence-electron chi connectivity index (χ0n) is 13.1. The van der Waals surface area contributed by atoms with E-state index < -0.39 is 17.3 Å². The van der Waals surface area contributed by atoms with Gasteiger partial charge in [-0.3, -0.25) is 9.59 Å². The topological polar surface area (TPSA) is 57.6 Å². The van der Waals surface area contributed by atoms with Crippen LogP contribution in [0, 0.1) is 0 Å². The highest BCUT2D eigenvalue weighted by Crippen LogP contribution is 2.30. The number of para-hydroxylation sites is 1. The largest absolute Gasteiger partial charge is 0.373 e. The van der Waals surface area contributed by atoms with E-state index in [0.29, 0.717) is 18.7 Å². The molecule has 0 aromatic heterocycles. The van der Waals surface area contributed by atoms with Gasteiger partial charge >= 0.3 is 0 Å². The minimum absolute atomic E-state index is 0.137. The summed E-state index contributed by atoms with van der Waals surface area (Å²) in [6.45, 7) is 0.349. The molecule has 0 spiro atoms. The lowest BCUT2D eigenvalue weighted by molar-refractivity contribution is -0.147. The zero-order chi connectivity index (χ0) is 17.2. The monoisotopic (exact) mass is 387 g/mol. The van der Waals surface area contributed by atoms with E-state index in [2.05, 4.69) is 15.9 Å². The van der Waals surface area contributed by atoms with Gasteiger partial charge in [-0.15, -0.1) is 0 Å². The first-order valence-corrected chi connectivity index (χ1v) is 8.67. The maximum Gasteiger partial charge on any atom is 0.266 e. The van der Waals surface area contributed by atoms with Gasteiger partial charge in [-0.25, -0.2) is 0 Å². The summed E-state index contributed by atoms with van der Waals surface area (Å²) in [6, 6.07) is 16.8. The molecule has 3 rings (SSSR count). The molecular weight excluding hydrogens is 370 g/mol. The molecule has 124 valence electrons. The van der Waals surface area contributed by atoms with Crippen LogP contribution in [0.3, 0.4) is 0 Å². The van der Waals surface area contributed by atoms with Gasteiger partial charge in [-0.1, -0.05) is 46.3 Å². The first-order valence-electron chi connectivity index (χ1n) is 7.88. The number of hydrogen-bond acceptors (Lipinski definition) is 3. The number of nitrogens with zero attached hydrogens (tertiary/aromatic N) is 1. The smallest absolute Gasteiger partial charge is 0.266 e. The number of benzene rings is 2. The molecule has 1 saturated heterocycles. The number of ketones is 1. The van der Waals surface area contributed by atoms with Crippen molar-refractivity contribution in [2.24, 2.45) is 0 Å². The van der Waals surface area contributed by atoms with Crippen molar-refractivity contribution < 1.29 is 14.7 Å². The molecule has 0 aliphatic carbocycles. The summed E-state index contributed by atoms with van der Waals surface area (Å²) in [5, 5.41) is 10.6. The molecule has 24 heavy (non-hydrogen) atoms. The van der Waals surface area contributed by atoms with Crippen molar-refractivity contribution >= 4 is 33.3 Å². The summed E-state index contributed by atoms with van der Waals surface area (Å²) in [4.78, 5) is 26.6. The number of carbonyl (C=O) groups is 2. The number of aryl methyl sites for hydroxylation is 1. The highest BCUT2D eigenvalue weighted by atomic mass is 79.9. The number of hydrogen-bond donors (Lipinski definition) is 1. The molecule has 1 heterocycles. The van der Waals surface area contributed by atoms with Crippen LogP contribution in [0.4, 0.5) is 5.69 Å². The van der Waals surface area contributed by atoms with Gasteiger partial charge in [-0.2, -0.15) is 0 Å². The number of amides is 1. The average Bonchev–Trinajstić information content (AvgIpc) is 2.90. The normalized spacial score (nSPS) is 20.4. The van der Waals surface area contributed by atoms with Gasteiger partial charge in [0.15, 0.2) is 5.78 Å². The molecule has 5 heteroatoms. The highest BCUT2D eigenvalue weighted by Gasteiger charge is 2.50. The average molecular weight is 388 g/mol.